The van der Waals surface area contributed by atoms with Gasteiger partial charge in [-0.2, -0.15) is 5.10 Å². The van der Waals surface area contributed by atoms with Gasteiger partial charge in [0.15, 0.2) is 0 Å². The zero-order valence-corrected chi connectivity index (χ0v) is 14.0. The summed E-state index contributed by atoms with van der Waals surface area (Å²) in [5.41, 5.74) is 4.79. The average Bonchev–Trinajstić information content (AvgIpc) is 3.25. The van der Waals surface area contributed by atoms with Gasteiger partial charge in [0.25, 0.3) is 0 Å². The fraction of sp³-hybridized carbons (Fsp3) is 0.278. The Balaban J connectivity index is 1.53. The third-order valence-electron chi connectivity index (χ3n) is 3.63. The highest BCUT2D eigenvalue weighted by atomic mass is 32.1. The second-order valence-electron chi connectivity index (χ2n) is 5.30. The number of nitrogens with one attached hydrogen (secondary N) is 2. The van der Waals surface area contributed by atoms with Gasteiger partial charge in [-0.25, -0.2) is 0 Å². The Bertz CT molecular complexity index is 704. The maximum Gasteiger partial charge on any atom is 0.0794 e. The van der Waals surface area contributed by atoms with Crippen molar-refractivity contribution in [3.05, 3.63) is 64.7 Å². The average molecular weight is 327 g/mol. The Morgan fingerprint density at radius 2 is 1.96 bits per heavy atom. The summed E-state index contributed by atoms with van der Waals surface area (Å²) in [6.45, 7) is 5.08. The first-order valence-corrected chi connectivity index (χ1v) is 8.67. The molecule has 0 atom stereocenters. The smallest absolute Gasteiger partial charge is 0.0794 e. The van der Waals surface area contributed by atoms with E-state index < -0.39 is 0 Å². The lowest BCUT2D eigenvalue weighted by atomic mass is 10.1. The largest absolute Gasteiger partial charge is 0.377 e. The van der Waals surface area contributed by atoms with Crippen LogP contribution in [0.15, 0.2) is 48.0 Å². The fourth-order valence-corrected chi connectivity index (χ4v) is 3.15. The van der Waals surface area contributed by atoms with E-state index in [1.165, 1.54) is 21.6 Å². The van der Waals surface area contributed by atoms with E-state index in [1.807, 2.05) is 13.1 Å². The van der Waals surface area contributed by atoms with Crippen molar-refractivity contribution < 1.29 is 4.74 Å². The molecule has 0 amide bonds. The molecule has 0 spiro atoms. The van der Waals surface area contributed by atoms with Crippen LogP contribution in [0.4, 0.5) is 0 Å². The van der Waals surface area contributed by atoms with Crippen molar-refractivity contribution in [1.29, 1.82) is 0 Å². The highest BCUT2D eigenvalue weighted by Crippen LogP contribution is 2.25. The molecule has 3 aromatic rings. The fourth-order valence-electron chi connectivity index (χ4n) is 2.39. The maximum atomic E-state index is 5.41. The van der Waals surface area contributed by atoms with Crippen molar-refractivity contribution in [2.75, 3.05) is 6.61 Å². The number of H-pyrrole nitrogens is 1. The molecule has 0 aliphatic rings. The molecule has 0 saturated heterocycles. The summed E-state index contributed by atoms with van der Waals surface area (Å²) in [6, 6.07) is 12.7. The Kier molecular flexibility index (Phi) is 5.58. The van der Waals surface area contributed by atoms with Gasteiger partial charge in [0, 0.05) is 25.3 Å². The summed E-state index contributed by atoms with van der Waals surface area (Å²) in [5, 5.41) is 12.8. The molecule has 3 rings (SSSR count). The minimum Gasteiger partial charge on any atom is -0.377 e. The molecular formula is C18H21N3OS. The summed E-state index contributed by atoms with van der Waals surface area (Å²) in [7, 11) is 0. The van der Waals surface area contributed by atoms with Crippen LogP contribution in [0.3, 0.4) is 0 Å². The third kappa shape index (κ3) is 4.28. The molecule has 5 heteroatoms. The van der Waals surface area contributed by atoms with E-state index in [1.54, 1.807) is 11.3 Å². The van der Waals surface area contributed by atoms with E-state index in [2.05, 4.69) is 57.3 Å². The summed E-state index contributed by atoms with van der Waals surface area (Å²) >= 11 is 1.72. The molecule has 120 valence electrons. The number of benzene rings is 1. The molecular weight excluding hydrogens is 306 g/mol. The van der Waals surface area contributed by atoms with Crippen molar-refractivity contribution in [2.24, 2.45) is 0 Å². The van der Waals surface area contributed by atoms with E-state index in [0.29, 0.717) is 6.61 Å². The Morgan fingerprint density at radius 3 is 2.70 bits per heavy atom. The molecule has 0 aliphatic carbocycles. The number of nitrogens with zero attached hydrogens (tertiary/aromatic N) is 1. The van der Waals surface area contributed by atoms with Crippen molar-refractivity contribution in [3.8, 4) is 10.6 Å². The molecule has 2 heterocycles. The van der Waals surface area contributed by atoms with Gasteiger partial charge in [-0.05, 0) is 29.5 Å². The van der Waals surface area contributed by atoms with Crippen molar-refractivity contribution in [3.63, 3.8) is 0 Å². The normalized spacial score (nSPS) is 11.0. The monoisotopic (exact) mass is 327 g/mol. The Labute approximate surface area is 140 Å². The van der Waals surface area contributed by atoms with Gasteiger partial charge in [0.2, 0.25) is 0 Å². The lowest BCUT2D eigenvalue weighted by molar-refractivity contribution is 0.134. The van der Waals surface area contributed by atoms with E-state index >= 15 is 0 Å². The number of rotatable bonds is 8. The Hall–Kier alpha value is -1.95. The molecule has 0 bridgehead atoms. The van der Waals surface area contributed by atoms with Crippen LogP contribution >= 0.6 is 11.3 Å². The topological polar surface area (TPSA) is 49.9 Å². The van der Waals surface area contributed by atoms with Crippen LogP contribution in [0.2, 0.25) is 0 Å². The van der Waals surface area contributed by atoms with E-state index in [4.69, 9.17) is 4.74 Å². The van der Waals surface area contributed by atoms with E-state index in [9.17, 15) is 0 Å². The Morgan fingerprint density at radius 1 is 1.13 bits per heavy atom. The minimum atomic E-state index is 0.684. The second kappa shape index (κ2) is 8.06. The summed E-state index contributed by atoms with van der Waals surface area (Å²) in [4.78, 5) is 1.22. The third-order valence-corrected chi connectivity index (χ3v) is 4.51. The van der Waals surface area contributed by atoms with Crippen LogP contribution in [0, 0.1) is 0 Å². The van der Waals surface area contributed by atoms with Gasteiger partial charge in [0.1, 0.15) is 0 Å². The predicted octanol–water partition coefficient (Wildman–Crippen LogP) is 3.96. The molecule has 1 aromatic carbocycles. The van der Waals surface area contributed by atoms with Crippen LogP contribution in [0.5, 0.6) is 0 Å². The van der Waals surface area contributed by atoms with Crippen molar-refractivity contribution in [2.45, 2.75) is 26.6 Å². The minimum absolute atomic E-state index is 0.684. The van der Waals surface area contributed by atoms with Crippen LogP contribution in [0.25, 0.3) is 10.6 Å². The van der Waals surface area contributed by atoms with Gasteiger partial charge in [0.05, 0.1) is 23.4 Å². The van der Waals surface area contributed by atoms with Crippen LogP contribution in [0.1, 0.15) is 23.6 Å². The number of ether oxygens (including phenoxy) is 1. The molecule has 0 unspecified atom stereocenters. The second-order valence-corrected chi connectivity index (χ2v) is 6.25. The summed E-state index contributed by atoms with van der Waals surface area (Å²) < 4.78 is 5.41. The lowest BCUT2D eigenvalue weighted by Crippen LogP contribution is -2.12. The first kappa shape index (κ1) is 15.9. The van der Waals surface area contributed by atoms with Gasteiger partial charge in [-0.1, -0.05) is 30.3 Å². The first-order chi connectivity index (χ1) is 11.4. The molecule has 4 nitrogen and oxygen atoms in total. The lowest BCUT2D eigenvalue weighted by Gasteiger charge is -2.07. The highest BCUT2D eigenvalue weighted by Gasteiger charge is 2.08. The van der Waals surface area contributed by atoms with E-state index in [-0.39, 0.29) is 0 Å². The summed E-state index contributed by atoms with van der Waals surface area (Å²) in [6.07, 6.45) is 1.90. The molecule has 0 fully saturated rings. The SMILES string of the molecule is CCOCc1ccc(CNCc2cn[nH]c2-c2cccs2)cc1. The maximum absolute atomic E-state index is 5.41. The molecule has 2 aromatic heterocycles. The van der Waals surface area contributed by atoms with Crippen LogP contribution < -0.4 is 5.32 Å². The number of aromatic nitrogens is 2. The van der Waals surface area contributed by atoms with Crippen LogP contribution in [-0.4, -0.2) is 16.8 Å². The highest BCUT2D eigenvalue weighted by molar-refractivity contribution is 7.13. The number of thiophene rings is 1. The van der Waals surface area contributed by atoms with Gasteiger partial charge in [-0.15, -0.1) is 11.3 Å². The van der Waals surface area contributed by atoms with Crippen molar-refractivity contribution >= 4 is 11.3 Å². The quantitative estimate of drug-likeness (QED) is 0.658. The van der Waals surface area contributed by atoms with Crippen LogP contribution in [-0.2, 0) is 24.4 Å². The van der Waals surface area contributed by atoms with Gasteiger partial charge in [-0.3, -0.25) is 5.10 Å². The number of hydrogen-bond donors (Lipinski definition) is 2. The van der Waals surface area contributed by atoms with Crippen molar-refractivity contribution in [1.82, 2.24) is 15.5 Å². The van der Waals surface area contributed by atoms with Gasteiger partial charge >= 0.3 is 0 Å². The standard InChI is InChI=1S/C18H21N3OS/c1-2-22-13-15-7-5-14(6-8-15)10-19-11-16-12-20-21-18(16)17-4-3-9-23-17/h3-9,12,19H,2,10-11,13H2,1H3,(H,20,21). The number of hydrogen-bond acceptors (Lipinski definition) is 4. The molecule has 2 N–H and O–H groups in total. The molecule has 0 radical (unpaired) electrons. The molecule has 0 saturated carbocycles. The van der Waals surface area contributed by atoms with Gasteiger partial charge < -0.3 is 10.1 Å². The zero-order chi connectivity index (χ0) is 15.9. The number of aromatic amines is 1. The predicted molar refractivity (Wildman–Crippen MR) is 94.2 cm³/mol. The summed E-state index contributed by atoms with van der Waals surface area (Å²) in [5.74, 6) is 0. The van der Waals surface area contributed by atoms with E-state index in [0.717, 1.165) is 25.4 Å². The molecule has 23 heavy (non-hydrogen) atoms. The molecule has 0 aliphatic heterocycles. The zero-order valence-electron chi connectivity index (χ0n) is 13.2. The first-order valence-electron chi connectivity index (χ1n) is 7.79.